The van der Waals surface area contributed by atoms with Gasteiger partial charge in [-0.15, -0.1) is 11.3 Å². The molecule has 0 aliphatic rings. The molecule has 2 aromatic rings. The maximum Gasteiger partial charge on any atom is 0.324 e. The number of hydrogen-bond acceptors (Lipinski definition) is 11. The number of nitro groups is 3. The number of nitro benzene ring substituents is 3. The SMILES string of the molecule is CN=C(N)NCCSCc1nccs1.O=[N+]([O-])c1cc([N+](=O)[O-])c(O)c([N+](=O)[O-])c1. The Morgan fingerprint density at radius 2 is 1.83 bits per heavy atom. The predicted molar refractivity (Wildman–Crippen MR) is 112 cm³/mol. The van der Waals surface area contributed by atoms with Crippen molar-refractivity contribution in [3.63, 3.8) is 0 Å². The van der Waals surface area contributed by atoms with E-state index in [0.717, 1.165) is 18.1 Å². The molecular weight excluding hydrogens is 442 g/mol. The van der Waals surface area contributed by atoms with Crippen molar-refractivity contribution in [3.8, 4) is 5.75 Å². The van der Waals surface area contributed by atoms with E-state index >= 15 is 0 Å². The van der Waals surface area contributed by atoms with Gasteiger partial charge in [-0.3, -0.25) is 35.3 Å². The molecule has 1 aromatic heterocycles. The summed E-state index contributed by atoms with van der Waals surface area (Å²) in [6.45, 7) is 0.846. The maximum absolute atomic E-state index is 10.4. The number of hydrogen-bond donors (Lipinski definition) is 3. The Kier molecular flexibility index (Phi) is 9.90. The molecule has 0 saturated heterocycles. The lowest BCUT2D eigenvalue weighted by Gasteiger charge is -2.03. The molecule has 0 aliphatic heterocycles. The number of thiazole rings is 1. The Morgan fingerprint density at radius 1 is 1.23 bits per heavy atom. The molecule has 0 unspecified atom stereocenters. The highest BCUT2D eigenvalue weighted by atomic mass is 32.2. The standard InChI is InChI=1S/C8H14N4S2.C6H3N3O7/c1-10-8(9)12-2-4-13-6-7-11-3-5-14-7;10-6-4(8(13)14)1-3(7(11)12)2-5(6)9(15)16/h3,5H,2,4,6H2,1H3,(H3,9,10,12);1-2,10H. The number of benzene rings is 1. The summed E-state index contributed by atoms with van der Waals surface area (Å²) in [7, 11) is 1.67. The van der Waals surface area contributed by atoms with E-state index in [0.29, 0.717) is 18.1 Å². The molecule has 4 N–H and O–H groups in total. The van der Waals surface area contributed by atoms with Crippen LogP contribution in [0.2, 0.25) is 0 Å². The molecule has 0 amide bonds. The van der Waals surface area contributed by atoms with Crippen LogP contribution in [0.25, 0.3) is 0 Å². The maximum atomic E-state index is 10.4. The minimum absolute atomic E-state index is 0.447. The van der Waals surface area contributed by atoms with E-state index in [1.54, 1.807) is 18.4 Å². The third-order valence-electron chi connectivity index (χ3n) is 3.16. The van der Waals surface area contributed by atoms with Crippen LogP contribution < -0.4 is 11.1 Å². The second kappa shape index (κ2) is 12.1. The number of nitrogens with zero attached hydrogens (tertiary/aromatic N) is 5. The number of phenolic OH excluding ortho intramolecular Hbond substituents is 1. The van der Waals surface area contributed by atoms with Crippen molar-refractivity contribution in [2.75, 3.05) is 19.3 Å². The van der Waals surface area contributed by atoms with Gasteiger partial charge in [-0.05, 0) is 0 Å². The topological polar surface area (TPSA) is 213 Å². The van der Waals surface area contributed by atoms with Gasteiger partial charge in [0.15, 0.2) is 5.96 Å². The highest BCUT2D eigenvalue weighted by Gasteiger charge is 2.30. The summed E-state index contributed by atoms with van der Waals surface area (Å²) < 4.78 is 0. The monoisotopic (exact) mass is 459 g/mol. The van der Waals surface area contributed by atoms with Gasteiger partial charge in [-0.2, -0.15) is 11.8 Å². The summed E-state index contributed by atoms with van der Waals surface area (Å²) in [6, 6.07) is 0.894. The van der Waals surface area contributed by atoms with Crippen molar-refractivity contribution in [2.24, 2.45) is 10.7 Å². The third-order valence-corrected chi connectivity index (χ3v) is 5.09. The Balaban J connectivity index is 0.000000303. The summed E-state index contributed by atoms with van der Waals surface area (Å²) in [4.78, 5) is 35.8. The van der Waals surface area contributed by atoms with E-state index in [1.165, 1.54) is 5.01 Å². The smallest absolute Gasteiger partial charge is 0.324 e. The first-order chi connectivity index (χ1) is 14.2. The van der Waals surface area contributed by atoms with E-state index in [9.17, 15) is 30.3 Å². The molecule has 30 heavy (non-hydrogen) atoms. The van der Waals surface area contributed by atoms with Crippen LogP contribution in [-0.4, -0.2) is 50.2 Å². The molecule has 0 bridgehead atoms. The number of guanidine groups is 1. The molecule has 16 heteroatoms. The molecule has 1 aromatic carbocycles. The van der Waals surface area contributed by atoms with Gasteiger partial charge in [-0.1, -0.05) is 0 Å². The molecule has 14 nitrogen and oxygen atoms in total. The van der Waals surface area contributed by atoms with Gasteiger partial charge in [0.1, 0.15) is 5.01 Å². The molecule has 1 heterocycles. The molecule has 0 saturated carbocycles. The Labute approximate surface area is 177 Å². The summed E-state index contributed by atoms with van der Waals surface area (Å²) >= 11 is 3.53. The fourth-order valence-electron chi connectivity index (χ4n) is 1.79. The molecule has 0 radical (unpaired) electrons. The number of nitrogens with one attached hydrogen (secondary N) is 1. The van der Waals surface area contributed by atoms with Crippen molar-refractivity contribution in [1.29, 1.82) is 0 Å². The Hall–Kier alpha value is -3.53. The fraction of sp³-hybridized carbons (Fsp3) is 0.286. The van der Waals surface area contributed by atoms with E-state index in [-0.39, 0.29) is 0 Å². The van der Waals surface area contributed by atoms with Crippen LogP contribution in [0, 0.1) is 30.3 Å². The summed E-state index contributed by atoms with van der Waals surface area (Å²) in [5.74, 6) is 1.28. The number of thioether (sulfide) groups is 1. The van der Waals surface area contributed by atoms with Crippen molar-refractivity contribution in [3.05, 3.63) is 59.1 Å². The predicted octanol–water partition coefficient (Wildman–Crippen LogP) is 2.03. The molecular formula is C14H17N7O7S2. The number of aliphatic imine (C=N–C) groups is 1. The lowest BCUT2D eigenvalue weighted by molar-refractivity contribution is -0.404. The van der Waals surface area contributed by atoms with Crippen LogP contribution in [0.15, 0.2) is 28.7 Å². The number of aromatic nitrogens is 1. The number of rotatable bonds is 8. The number of aromatic hydroxyl groups is 1. The van der Waals surface area contributed by atoms with Gasteiger partial charge >= 0.3 is 11.4 Å². The average molecular weight is 459 g/mol. The van der Waals surface area contributed by atoms with Crippen LogP contribution in [0.5, 0.6) is 5.75 Å². The van der Waals surface area contributed by atoms with Crippen LogP contribution in [0.1, 0.15) is 5.01 Å². The lowest BCUT2D eigenvalue weighted by Crippen LogP contribution is -2.32. The van der Waals surface area contributed by atoms with Gasteiger partial charge in [-0.25, -0.2) is 4.98 Å². The molecule has 0 atom stereocenters. The number of phenols is 1. The molecule has 0 fully saturated rings. The van der Waals surface area contributed by atoms with E-state index in [1.807, 2.05) is 23.3 Å². The quantitative estimate of drug-likeness (QED) is 0.171. The first kappa shape index (κ1) is 24.5. The second-order valence-corrected chi connectivity index (χ2v) is 7.20. The first-order valence-corrected chi connectivity index (χ1v) is 9.93. The molecule has 0 aliphatic carbocycles. The van der Waals surface area contributed by atoms with Gasteiger partial charge in [0.05, 0.1) is 26.9 Å². The van der Waals surface area contributed by atoms with Crippen molar-refractivity contribution < 1.29 is 19.9 Å². The van der Waals surface area contributed by atoms with Gasteiger partial charge in [0.2, 0.25) is 0 Å². The minimum atomic E-state index is -1.21. The molecule has 162 valence electrons. The first-order valence-electron chi connectivity index (χ1n) is 7.89. The van der Waals surface area contributed by atoms with Gasteiger partial charge < -0.3 is 16.2 Å². The highest BCUT2D eigenvalue weighted by Crippen LogP contribution is 2.38. The molecule has 0 spiro atoms. The summed E-state index contributed by atoms with van der Waals surface area (Å²) in [6.07, 6.45) is 1.83. The average Bonchev–Trinajstić information content (AvgIpc) is 3.21. The van der Waals surface area contributed by atoms with Gasteiger partial charge in [0, 0.05) is 36.7 Å². The zero-order valence-corrected chi connectivity index (χ0v) is 17.1. The zero-order valence-electron chi connectivity index (χ0n) is 15.5. The molecule has 2 rings (SSSR count). The Morgan fingerprint density at radius 3 is 2.27 bits per heavy atom. The van der Waals surface area contributed by atoms with E-state index < -0.39 is 37.6 Å². The van der Waals surface area contributed by atoms with Crippen LogP contribution >= 0.6 is 23.1 Å². The van der Waals surface area contributed by atoms with Crippen LogP contribution in [0.3, 0.4) is 0 Å². The Bertz CT molecular complexity index is 886. The largest absolute Gasteiger partial charge is 0.497 e. The second-order valence-electron chi connectivity index (χ2n) is 5.12. The van der Waals surface area contributed by atoms with Crippen molar-refractivity contribution >= 4 is 46.1 Å². The van der Waals surface area contributed by atoms with E-state index in [2.05, 4.69) is 15.3 Å². The lowest BCUT2D eigenvalue weighted by atomic mass is 10.2. The van der Waals surface area contributed by atoms with Crippen LogP contribution in [-0.2, 0) is 5.75 Å². The van der Waals surface area contributed by atoms with Crippen molar-refractivity contribution in [1.82, 2.24) is 10.3 Å². The number of non-ortho nitro benzene ring substituents is 1. The van der Waals surface area contributed by atoms with E-state index in [4.69, 9.17) is 10.8 Å². The minimum Gasteiger partial charge on any atom is -0.497 e. The van der Waals surface area contributed by atoms with Crippen LogP contribution in [0.4, 0.5) is 17.1 Å². The normalized spacial score (nSPS) is 10.6. The zero-order chi connectivity index (χ0) is 22.7. The number of nitrogens with two attached hydrogens (primary N) is 1. The fourth-order valence-corrected chi connectivity index (χ4v) is 3.35. The summed E-state index contributed by atoms with van der Waals surface area (Å²) in [5.41, 5.74) is 2.47. The highest BCUT2D eigenvalue weighted by molar-refractivity contribution is 7.98. The van der Waals surface area contributed by atoms with Gasteiger partial charge in [0.25, 0.3) is 11.4 Å². The third kappa shape index (κ3) is 7.84. The van der Waals surface area contributed by atoms with Crippen molar-refractivity contribution in [2.45, 2.75) is 5.75 Å². The summed E-state index contributed by atoms with van der Waals surface area (Å²) in [5, 5.41) is 46.4.